The highest BCUT2D eigenvalue weighted by atomic mass is 19.4. The van der Waals surface area contributed by atoms with Crippen LogP contribution in [0.2, 0.25) is 0 Å². The molecule has 0 aliphatic carbocycles. The smallest absolute Gasteiger partial charge is 0.329 e. The first-order chi connectivity index (χ1) is 8.82. The van der Waals surface area contributed by atoms with Crippen molar-refractivity contribution in [3.63, 3.8) is 0 Å². The molecule has 0 aliphatic rings. The van der Waals surface area contributed by atoms with Gasteiger partial charge in [-0.15, -0.1) is 0 Å². The van der Waals surface area contributed by atoms with Gasteiger partial charge in [-0.2, -0.15) is 13.2 Å². The number of anilines is 1. The minimum Gasteiger partial charge on any atom is -0.329 e. The summed E-state index contributed by atoms with van der Waals surface area (Å²) in [5.41, 5.74) is 0.858. The van der Waals surface area contributed by atoms with Crippen molar-refractivity contribution in [1.29, 1.82) is 0 Å². The molecule has 0 unspecified atom stereocenters. The molecule has 0 saturated heterocycles. The molecule has 0 aromatic heterocycles. The van der Waals surface area contributed by atoms with Crippen LogP contribution < -0.4 is 21.9 Å². The Hall–Kier alpha value is -2.29. The van der Waals surface area contributed by atoms with Gasteiger partial charge in [0.2, 0.25) is 0 Å². The van der Waals surface area contributed by atoms with E-state index in [-0.39, 0.29) is 12.2 Å². The number of nitrogens with two attached hydrogens (primary N) is 1. The molecule has 0 heterocycles. The highest BCUT2D eigenvalue weighted by Crippen LogP contribution is 2.30. The number of alkyl halides is 3. The van der Waals surface area contributed by atoms with E-state index in [2.05, 4.69) is 10.6 Å². The summed E-state index contributed by atoms with van der Waals surface area (Å²) in [5.74, 6) is 4.14. The molecule has 5 N–H and O–H groups in total. The van der Waals surface area contributed by atoms with Crippen LogP contribution in [0.1, 0.15) is 5.56 Å². The Balaban J connectivity index is 2.62. The minimum absolute atomic E-state index is 0.0412. The molecule has 0 spiro atoms. The molecule has 0 fully saturated rings. The van der Waals surface area contributed by atoms with E-state index >= 15 is 0 Å². The van der Waals surface area contributed by atoms with Gasteiger partial charge in [0.15, 0.2) is 0 Å². The fourth-order valence-corrected chi connectivity index (χ4v) is 1.16. The van der Waals surface area contributed by atoms with Crippen LogP contribution in [0.15, 0.2) is 24.3 Å². The number of nitrogens with one attached hydrogen (secondary N) is 3. The van der Waals surface area contributed by atoms with Gasteiger partial charge in [-0.05, 0) is 18.2 Å². The Bertz CT molecular complexity index is 476. The van der Waals surface area contributed by atoms with Crippen LogP contribution >= 0.6 is 0 Å². The third-order valence-corrected chi connectivity index (χ3v) is 2.02. The molecule has 6 nitrogen and oxygen atoms in total. The van der Waals surface area contributed by atoms with Gasteiger partial charge in [0.25, 0.3) is 5.91 Å². The lowest BCUT2D eigenvalue weighted by atomic mass is 10.2. The molecule has 0 radical (unpaired) electrons. The van der Waals surface area contributed by atoms with E-state index in [0.29, 0.717) is 0 Å². The van der Waals surface area contributed by atoms with E-state index in [4.69, 9.17) is 5.84 Å². The van der Waals surface area contributed by atoms with Crippen molar-refractivity contribution in [2.75, 3.05) is 11.9 Å². The van der Waals surface area contributed by atoms with Crippen LogP contribution in [0.25, 0.3) is 0 Å². The summed E-state index contributed by atoms with van der Waals surface area (Å²) in [6, 6.07) is 3.29. The lowest BCUT2D eigenvalue weighted by Gasteiger charge is -2.10. The third kappa shape index (κ3) is 4.84. The first-order valence-corrected chi connectivity index (χ1v) is 5.04. The molecule has 0 atom stereocenters. The highest BCUT2D eigenvalue weighted by Gasteiger charge is 2.30. The predicted octanol–water partition coefficient (Wildman–Crippen LogP) is 0.817. The Kier molecular flexibility index (Phi) is 4.70. The van der Waals surface area contributed by atoms with Crippen LogP contribution in [0, 0.1) is 0 Å². The molecule has 9 heteroatoms. The van der Waals surface area contributed by atoms with Crippen molar-refractivity contribution in [1.82, 2.24) is 10.7 Å². The maximum Gasteiger partial charge on any atom is 0.416 e. The summed E-state index contributed by atoms with van der Waals surface area (Å²) < 4.78 is 37.2. The summed E-state index contributed by atoms with van der Waals surface area (Å²) in [7, 11) is 0. The van der Waals surface area contributed by atoms with Gasteiger partial charge in [0, 0.05) is 5.69 Å². The van der Waals surface area contributed by atoms with Crippen LogP contribution in [-0.2, 0) is 11.0 Å². The van der Waals surface area contributed by atoms with Gasteiger partial charge < -0.3 is 10.6 Å². The molecule has 0 bridgehead atoms. The molecule has 19 heavy (non-hydrogen) atoms. The van der Waals surface area contributed by atoms with Crippen LogP contribution in [0.5, 0.6) is 0 Å². The molecule has 1 aromatic rings. The summed E-state index contributed by atoms with van der Waals surface area (Å²) in [6.07, 6.45) is -4.49. The van der Waals surface area contributed by atoms with Crippen LogP contribution in [0.3, 0.4) is 0 Å². The number of hydrazine groups is 1. The fraction of sp³-hybridized carbons (Fsp3) is 0.200. The molecule has 0 saturated carbocycles. The van der Waals surface area contributed by atoms with Gasteiger partial charge in [-0.25, -0.2) is 10.6 Å². The molecular formula is C10H11F3N4O2. The van der Waals surface area contributed by atoms with Gasteiger partial charge in [-0.1, -0.05) is 6.07 Å². The molecule has 104 valence electrons. The van der Waals surface area contributed by atoms with Crippen molar-refractivity contribution >= 4 is 17.6 Å². The van der Waals surface area contributed by atoms with E-state index in [1.54, 1.807) is 5.43 Å². The number of urea groups is 1. The van der Waals surface area contributed by atoms with Gasteiger partial charge >= 0.3 is 12.2 Å². The first-order valence-electron chi connectivity index (χ1n) is 5.04. The van der Waals surface area contributed by atoms with Crippen molar-refractivity contribution < 1.29 is 22.8 Å². The SMILES string of the molecule is NNC(=O)CNC(=O)Nc1cccc(C(F)(F)F)c1. The molecular weight excluding hydrogens is 265 g/mol. The molecule has 1 aromatic carbocycles. The largest absolute Gasteiger partial charge is 0.416 e. The van der Waals surface area contributed by atoms with E-state index in [1.807, 2.05) is 0 Å². The van der Waals surface area contributed by atoms with Gasteiger partial charge in [0.05, 0.1) is 12.1 Å². The van der Waals surface area contributed by atoms with Crippen LogP contribution in [0.4, 0.5) is 23.7 Å². The topological polar surface area (TPSA) is 96.2 Å². The Morgan fingerprint density at radius 2 is 1.95 bits per heavy atom. The summed E-state index contributed by atoms with van der Waals surface area (Å²) in [4.78, 5) is 22.0. The lowest BCUT2D eigenvalue weighted by Crippen LogP contribution is -2.41. The summed E-state index contributed by atoms with van der Waals surface area (Å²) in [6.45, 7) is -0.388. The third-order valence-electron chi connectivity index (χ3n) is 2.02. The second kappa shape index (κ2) is 6.05. The zero-order chi connectivity index (χ0) is 14.5. The fourth-order valence-electron chi connectivity index (χ4n) is 1.16. The number of carbonyl (C=O) groups is 2. The van der Waals surface area contributed by atoms with Crippen molar-refractivity contribution in [3.8, 4) is 0 Å². The monoisotopic (exact) mass is 276 g/mol. The summed E-state index contributed by atoms with van der Waals surface area (Å²) in [5, 5.41) is 4.28. The number of hydrogen-bond donors (Lipinski definition) is 4. The Morgan fingerprint density at radius 1 is 1.26 bits per heavy atom. The highest BCUT2D eigenvalue weighted by molar-refractivity contribution is 5.92. The quantitative estimate of drug-likeness (QED) is 0.374. The van der Waals surface area contributed by atoms with Gasteiger partial charge in [0.1, 0.15) is 0 Å². The average molecular weight is 276 g/mol. The van der Waals surface area contributed by atoms with E-state index in [0.717, 1.165) is 18.2 Å². The van der Waals surface area contributed by atoms with Crippen molar-refractivity contribution in [2.45, 2.75) is 6.18 Å². The Morgan fingerprint density at radius 3 is 2.53 bits per heavy atom. The van der Waals surface area contributed by atoms with E-state index in [9.17, 15) is 22.8 Å². The van der Waals surface area contributed by atoms with Crippen molar-refractivity contribution in [2.24, 2.45) is 5.84 Å². The maximum atomic E-state index is 12.4. The number of benzene rings is 1. The number of rotatable bonds is 3. The summed E-state index contributed by atoms with van der Waals surface area (Å²) >= 11 is 0. The number of hydrogen-bond acceptors (Lipinski definition) is 3. The minimum atomic E-state index is -4.49. The predicted molar refractivity (Wildman–Crippen MR) is 60.8 cm³/mol. The lowest BCUT2D eigenvalue weighted by molar-refractivity contribution is -0.137. The second-order valence-corrected chi connectivity index (χ2v) is 3.45. The van der Waals surface area contributed by atoms with Crippen molar-refractivity contribution in [3.05, 3.63) is 29.8 Å². The first kappa shape index (κ1) is 14.8. The van der Waals surface area contributed by atoms with E-state index < -0.39 is 23.7 Å². The van der Waals surface area contributed by atoms with E-state index in [1.165, 1.54) is 6.07 Å². The standard InChI is InChI=1S/C10H11F3N4O2/c11-10(12,13)6-2-1-3-7(4-6)16-9(19)15-5-8(18)17-14/h1-4H,5,14H2,(H,17,18)(H2,15,16,19). The maximum absolute atomic E-state index is 12.4. The Labute approximate surface area is 106 Å². The molecule has 3 amide bonds. The average Bonchev–Trinajstić information content (AvgIpc) is 2.35. The van der Waals surface area contributed by atoms with Gasteiger partial charge in [-0.3, -0.25) is 10.2 Å². The number of amides is 3. The van der Waals surface area contributed by atoms with Crippen LogP contribution in [-0.4, -0.2) is 18.5 Å². The zero-order valence-electron chi connectivity index (χ0n) is 9.54. The zero-order valence-corrected chi connectivity index (χ0v) is 9.54. The number of carbonyl (C=O) groups excluding carboxylic acids is 2. The normalized spacial score (nSPS) is 10.7. The molecule has 1 rings (SSSR count). The molecule has 0 aliphatic heterocycles. The number of halogens is 3. The second-order valence-electron chi connectivity index (χ2n) is 3.45.